The van der Waals surface area contributed by atoms with Crippen LogP contribution in [0.15, 0.2) is 24.3 Å². The van der Waals surface area contributed by atoms with Crippen molar-refractivity contribution in [3.8, 4) is 17.6 Å². The molecule has 0 atom stereocenters. The highest BCUT2D eigenvalue weighted by atomic mass is 19.1. The molecule has 0 N–H and O–H groups in total. The van der Waals surface area contributed by atoms with Crippen molar-refractivity contribution in [3.63, 3.8) is 0 Å². The van der Waals surface area contributed by atoms with E-state index in [9.17, 15) is 4.39 Å². The number of benzene rings is 1. The van der Waals surface area contributed by atoms with E-state index in [1.54, 1.807) is 32.0 Å². The highest BCUT2D eigenvalue weighted by Gasteiger charge is 2.12. The van der Waals surface area contributed by atoms with Gasteiger partial charge in [0.2, 0.25) is 0 Å². The predicted molar refractivity (Wildman–Crippen MR) is 69.6 cm³/mol. The predicted octanol–water partition coefficient (Wildman–Crippen LogP) is 3.81. The number of hydrogen-bond donors (Lipinski definition) is 0. The maximum Gasteiger partial charge on any atom is 0.165 e. The molecule has 0 bridgehead atoms. The van der Waals surface area contributed by atoms with Crippen molar-refractivity contribution < 1.29 is 9.13 Å². The minimum atomic E-state index is -0.457. The van der Waals surface area contributed by atoms with E-state index >= 15 is 0 Å². The Balaban J connectivity index is 2.49. The third-order valence-electron chi connectivity index (χ3n) is 2.71. The molecule has 96 valence electrons. The lowest BCUT2D eigenvalue weighted by Gasteiger charge is -2.11. The van der Waals surface area contributed by atoms with Gasteiger partial charge in [-0.05, 0) is 38.5 Å². The molecular weight excluding hydrogens is 243 g/mol. The number of nitrogens with zero attached hydrogens (tertiary/aromatic N) is 2. The van der Waals surface area contributed by atoms with E-state index in [1.165, 1.54) is 6.07 Å². The number of hydrogen-bond acceptors (Lipinski definition) is 3. The van der Waals surface area contributed by atoms with Crippen molar-refractivity contribution in [3.05, 3.63) is 52.6 Å². The van der Waals surface area contributed by atoms with Gasteiger partial charge in [-0.1, -0.05) is 6.07 Å². The van der Waals surface area contributed by atoms with E-state index in [1.807, 2.05) is 13.0 Å². The first kappa shape index (κ1) is 13.0. The van der Waals surface area contributed by atoms with Crippen molar-refractivity contribution in [2.75, 3.05) is 0 Å². The summed E-state index contributed by atoms with van der Waals surface area (Å²) in [6.07, 6.45) is 0. The van der Waals surface area contributed by atoms with Crippen LogP contribution in [-0.2, 0) is 0 Å². The summed E-state index contributed by atoms with van der Waals surface area (Å²) < 4.78 is 19.2. The zero-order valence-corrected chi connectivity index (χ0v) is 11.0. The van der Waals surface area contributed by atoms with Crippen LogP contribution < -0.4 is 4.74 Å². The largest absolute Gasteiger partial charge is 0.453 e. The molecule has 0 saturated heterocycles. The summed E-state index contributed by atoms with van der Waals surface area (Å²) in [6, 6.07) is 8.27. The molecule has 1 aromatic heterocycles. The molecule has 1 heterocycles. The molecule has 0 aliphatic heterocycles. The Morgan fingerprint density at radius 3 is 2.58 bits per heavy atom. The van der Waals surface area contributed by atoms with Gasteiger partial charge in [-0.2, -0.15) is 5.26 Å². The second-order valence-corrected chi connectivity index (χ2v) is 4.37. The molecule has 1 aromatic carbocycles. The van der Waals surface area contributed by atoms with E-state index < -0.39 is 5.82 Å². The van der Waals surface area contributed by atoms with E-state index in [-0.39, 0.29) is 5.75 Å². The molecule has 0 spiro atoms. The minimum Gasteiger partial charge on any atom is -0.453 e. The summed E-state index contributed by atoms with van der Waals surface area (Å²) in [4.78, 5) is 4.19. The van der Waals surface area contributed by atoms with Gasteiger partial charge in [0.25, 0.3) is 0 Å². The fraction of sp³-hybridized carbons (Fsp3) is 0.200. The van der Waals surface area contributed by atoms with Gasteiger partial charge >= 0.3 is 0 Å². The lowest BCUT2D eigenvalue weighted by Crippen LogP contribution is -1.97. The molecule has 0 radical (unpaired) electrons. The first-order valence-electron chi connectivity index (χ1n) is 5.83. The van der Waals surface area contributed by atoms with E-state index in [4.69, 9.17) is 10.00 Å². The number of rotatable bonds is 2. The Labute approximate surface area is 111 Å². The van der Waals surface area contributed by atoms with E-state index in [0.717, 1.165) is 11.3 Å². The normalized spacial score (nSPS) is 10.1. The van der Waals surface area contributed by atoms with Crippen LogP contribution in [-0.4, -0.2) is 4.98 Å². The Kier molecular flexibility index (Phi) is 3.48. The fourth-order valence-electron chi connectivity index (χ4n) is 1.82. The maximum absolute atomic E-state index is 13.7. The zero-order valence-electron chi connectivity index (χ0n) is 11.0. The van der Waals surface area contributed by atoms with Crippen molar-refractivity contribution in [2.45, 2.75) is 20.8 Å². The molecule has 2 rings (SSSR count). The summed E-state index contributed by atoms with van der Waals surface area (Å²) in [5.41, 5.74) is 2.51. The molecule has 0 aliphatic carbocycles. The highest BCUT2D eigenvalue weighted by Crippen LogP contribution is 2.29. The number of aromatic nitrogens is 1. The molecule has 4 heteroatoms. The Hall–Kier alpha value is -2.41. The maximum atomic E-state index is 13.7. The van der Waals surface area contributed by atoms with Crippen LogP contribution >= 0.6 is 0 Å². The average Bonchev–Trinajstić information content (AvgIpc) is 2.33. The number of pyridine rings is 1. The van der Waals surface area contributed by atoms with Gasteiger partial charge in [-0.3, -0.25) is 4.98 Å². The lowest BCUT2D eigenvalue weighted by atomic mass is 10.1. The summed E-state index contributed by atoms with van der Waals surface area (Å²) in [5, 5.41) is 9.13. The topological polar surface area (TPSA) is 45.9 Å². The standard InChI is InChI=1S/C15H13FN2O/c1-9-4-5-13(16)15(6-9)19-14-7-10(2)18-11(3)12(14)8-17/h4-7H,1-3H3. The average molecular weight is 256 g/mol. The van der Waals surface area contributed by atoms with Gasteiger partial charge in [-0.25, -0.2) is 4.39 Å². The number of ether oxygens (including phenoxy) is 1. The summed E-state index contributed by atoms with van der Waals surface area (Å²) in [5.74, 6) is -0.0138. The molecule has 0 aliphatic rings. The molecular formula is C15H13FN2O. The third-order valence-corrected chi connectivity index (χ3v) is 2.71. The van der Waals surface area contributed by atoms with Crippen LogP contribution in [0.3, 0.4) is 0 Å². The fourth-order valence-corrected chi connectivity index (χ4v) is 1.82. The molecule has 19 heavy (non-hydrogen) atoms. The second-order valence-electron chi connectivity index (χ2n) is 4.37. The number of aryl methyl sites for hydroxylation is 3. The van der Waals surface area contributed by atoms with E-state index in [0.29, 0.717) is 17.0 Å². The summed E-state index contributed by atoms with van der Waals surface area (Å²) in [6.45, 7) is 5.37. The number of nitriles is 1. The molecule has 0 amide bonds. The zero-order chi connectivity index (χ0) is 14.0. The monoisotopic (exact) mass is 256 g/mol. The smallest absolute Gasteiger partial charge is 0.165 e. The van der Waals surface area contributed by atoms with Crippen LogP contribution in [0.2, 0.25) is 0 Å². The molecule has 0 unspecified atom stereocenters. The quantitative estimate of drug-likeness (QED) is 0.820. The summed E-state index contributed by atoms with van der Waals surface area (Å²) >= 11 is 0. The Morgan fingerprint density at radius 1 is 1.16 bits per heavy atom. The van der Waals surface area contributed by atoms with Crippen LogP contribution in [0.1, 0.15) is 22.5 Å². The van der Waals surface area contributed by atoms with Gasteiger partial charge in [0.05, 0.1) is 5.69 Å². The SMILES string of the molecule is Cc1ccc(F)c(Oc2cc(C)nc(C)c2C#N)c1. The van der Waals surface area contributed by atoms with Crippen LogP contribution in [0.5, 0.6) is 11.5 Å². The first-order valence-corrected chi connectivity index (χ1v) is 5.83. The number of halogens is 1. The first-order chi connectivity index (χ1) is 9.01. The van der Waals surface area contributed by atoms with Crippen molar-refractivity contribution >= 4 is 0 Å². The minimum absolute atomic E-state index is 0.113. The second kappa shape index (κ2) is 5.07. The summed E-state index contributed by atoms with van der Waals surface area (Å²) in [7, 11) is 0. The van der Waals surface area contributed by atoms with Crippen molar-refractivity contribution in [1.29, 1.82) is 5.26 Å². The van der Waals surface area contributed by atoms with Gasteiger partial charge in [0.15, 0.2) is 11.6 Å². The van der Waals surface area contributed by atoms with E-state index in [2.05, 4.69) is 4.98 Å². The van der Waals surface area contributed by atoms with Crippen molar-refractivity contribution in [2.24, 2.45) is 0 Å². The Morgan fingerprint density at radius 2 is 1.89 bits per heavy atom. The van der Waals surface area contributed by atoms with Crippen LogP contribution in [0, 0.1) is 37.9 Å². The van der Waals surface area contributed by atoms with Gasteiger partial charge in [0, 0.05) is 11.8 Å². The van der Waals surface area contributed by atoms with Crippen LogP contribution in [0.4, 0.5) is 4.39 Å². The molecule has 0 saturated carbocycles. The van der Waals surface area contributed by atoms with Gasteiger partial charge < -0.3 is 4.74 Å². The molecule has 3 nitrogen and oxygen atoms in total. The van der Waals surface area contributed by atoms with Crippen molar-refractivity contribution in [1.82, 2.24) is 4.98 Å². The highest BCUT2D eigenvalue weighted by molar-refractivity contribution is 5.48. The van der Waals surface area contributed by atoms with Gasteiger partial charge in [-0.15, -0.1) is 0 Å². The van der Waals surface area contributed by atoms with Crippen LogP contribution in [0.25, 0.3) is 0 Å². The lowest BCUT2D eigenvalue weighted by molar-refractivity contribution is 0.439. The Bertz CT molecular complexity index is 675. The molecule has 2 aromatic rings. The van der Waals surface area contributed by atoms with Gasteiger partial charge in [0.1, 0.15) is 17.4 Å². The third kappa shape index (κ3) is 2.71. The molecule has 0 fully saturated rings.